The molecule has 0 amide bonds. The lowest BCUT2D eigenvalue weighted by molar-refractivity contribution is -0.139. The van der Waals surface area contributed by atoms with Crippen LogP contribution in [0.4, 0.5) is 0 Å². The van der Waals surface area contributed by atoms with Gasteiger partial charge in [0.15, 0.2) is 0 Å². The molecule has 0 saturated carbocycles. The number of esters is 1. The molecular weight excluding hydrogens is 104 g/mol. The number of cyclic esters (lactones) is 1. The minimum atomic E-state index is -0.0625. The number of carbonyl (C=O) groups is 1. The highest BCUT2D eigenvalue weighted by Crippen LogP contribution is 2.19. The van der Waals surface area contributed by atoms with E-state index in [0.717, 1.165) is 12.8 Å². The minimum absolute atomic E-state index is 0.0625. The monoisotopic (exact) mass is 113 g/mol. The van der Waals surface area contributed by atoms with E-state index >= 15 is 0 Å². The first-order chi connectivity index (χ1) is 3.84. The quantitative estimate of drug-likeness (QED) is 0.476. The van der Waals surface area contributed by atoms with Crippen LogP contribution >= 0.6 is 0 Å². The Morgan fingerprint density at radius 2 is 2.75 bits per heavy atom. The average Bonchev–Trinajstić information content (AvgIpc) is 2.14. The van der Waals surface area contributed by atoms with E-state index in [9.17, 15) is 4.79 Å². The van der Waals surface area contributed by atoms with E-state index in [1.807, 2.05) is 6.92 Å². The van der Waals surface area contributed by atoms with Crippen molar-refractivity contribution in [2.75, 3.05) is 0 Å². The van der Waals surface area contributed by atoms with Gasteiger partial charge in [0.2, 0.25) is 0 Å². The van der Waals surface area contributed by atoms with E-state index in [2.05, 4.69) is 4.74 Å². The molecule has 8 heavy (non-hydrogen) atoms. The first-order valence-corrected chi connectivity index (χ1v) is 2.86. The molecule has 1 aliphatic rings. The summed E-state index contributed by atoms with van der Waals surface area (Å²) in [5.74, 6) is 0.0856. The van der Waals surface area contributed by atoms with Crippen LogP contribution in [0.1, 0.15) is 19.8 Å². The number of carbonyl (C=O) groups excluding carboxylic acids is 1. The molecule has 0 spiro atoms. The molecule has 0 bridgehead atoms. The van der Waals surface area contributed by atoms with E-state index in [4.69, 9.17) is 0 Å². The van der Waals surface area contributed by atoms with E-state index in [1.54, 1.807) is 6.61 Å². The standard InChI is InChI=1S/C6H9O2/c1-2-5-3-4-8-6(5)7/h4-5H,2-3H2,1H3. The lowest BCUT2D eigenvalue weighted by Crippen LogP contribution is -2.04. The zero-order valence-corrected chi connectivity index (χ0v) is 4.89. The topological polar surface area (TPSA) is 26.3 Å². The van der Waals surface area contributed by atoms with E-state index in [1.165, 1.54) is 0 Å². The van der Waals surface area contributed by atoms with E-state index in [-0.39, 0.29) is 11.9 Å². The van der Waals surface area contributed by atoms with Crippen molar-refractivity contribution in [1.82, 2.24) is 0 Å². The van der Waals surface area contributed by atoms with Gasteiger partial charge >= 0.3 is 5.97 Å². The van der Waals surface area contributed by atoms with Crippen molar-refractivity contribution in [3.05, 3.63) is 6.61 Å². The van der Waals surface area contributed by atoms with E-state index < -0.39 is 0 Å². The summed E-state index contributed by atoms with van der Waals surface area (Å²) in [7, 11) is 0. The van der Waals surface area contributed by atoms with Gasteiger partial charge in [-0.25, -0.2) is 0 Å². The molecule has 1 saturated heterocycles. The molecule has 45 valence electrons. The second kappa shape index (κ2) is 2.16. The van der Waals surface area contributed by atoms with Crippen LogP contribution in [-0.4, -0.2) is 5.97 Å². The van der Waals surface area contributed by atoms with Gasteiger partial charge in [-0.15, -0.1) is 0 Å². The van der Waals surface area contributed by atoms with Gasteiger partial charge in [-0.1, -0.05) is 6.92 Å². The van der Waals surface area contributed by atoms with Gasteiger partial charge in [0.25, 0.3) is 0 Å². The molecule has 2 heteroatoms. The van der Waals surface area contributed by atoms with E-state index in [0.29, 0.717) is 0 Å². The van der Waals surface area contributed by atoms with Crippen LogP contribution in [-0.2, 0) is 9.53 Å². The zero-order valence-electron chi connectivity index (χ0n) is 4.89. The minimum Gasteiger partial charge on any atom is -0.458 e. The first kappa shape index (κ1) is 5.60. The Labute approximate surface area is 48.8 Å². The predicted molar refractivity (Wildman–Crippen MR) is 28.8 cm³/mol. The van der Waals surface area contributed by atoms with Crippen LogP contribution in [0.3, 0.4) is 0 Å². The number of ether oxygens (including phenoxy) is 1. The van der Waals surface area contributed by atoms with Crippen LogP contribution in [0.5, 0.6) is 0 Å². The zero-order chi connectivity index (χ0) is 5.98. The Morgan fingerprint density at radius 3 is 3.00 bits per heavy atom. The highest BCUT2D eigenvalue weighted by molar-refractivity contribution is 5.74. The fourth-order valence-corrected chi connectivity index (χ4v) is 0.772. The maximum atomic E-state index is 10.6. The lowest BCUT2D eigenvalue weighted by atomic mass is 10.1. The third kappa shape index (κ3) is 0.831. The van der Waals surface area contributed by atoms with Crippen molar-refractivity contribution in [2.45, 2.75) is 19.8 Å². The Bertz CT molecular complexity index is 98.7. The third-order valence-corrected chi connectivity index (χ3v) is 1.41. The Balaban J connectivity index is 2.42. The molecule has 1 atom stereocenters. The van der Waals surface area contributed by atoms with Crippen LogP contribution in [0.15, 0.2) is 0 Å². The van der Waals surface area contributed by atoms with Crippen molar-refractivity contribution < 1.29 is 9.53 Å². The fraction of sp³-hybridized carbons (Fsp3) is 0.667. The summed E-state index contributed by atoms with van der Waals surface area (Å²) in [5.41, 5.74) is 0. The van der Waals surface area contributed by atoms with Gasteiger partial charge in [0, 0.05) is 6.42 Å². The summed E-state index contributed by atoms with van der Waals surface area (Å²) in [5, 5.41) is 0. The number of rotatable bonds is 1. The molecule has 1 fully saturated rings. The summed E-state index contributed by atoms with van der Waals surface area (Å²) in [6.45, 7) is 3.57. The van der Waals surface area contributed by atoms with Crippen LogP contribution in [0, 0.1) is 12.5 Å². The summed E-state index contributed by atoms with van der Waals surface area (Å²) in [6, 6.07) is 0. The average molecular weight is 113 g/mol. The van der Waals surface area contributed by atoms with Crippen LogP contribution in [0.2, 0.25) is 0 Å². The Hall–Kier alpha value is -0.530. The fourth-order valence-electron chi connectivity index (χ4n) is 0.772. The Kier molecular flexibility index (Phi) is 1.51. The highest BCUT2D eigenvalue weighted by atomic mass is 16.5. The Morgan fingerprint density at radius 1 is 2.00 bits per heavy atom. The highest BCUT2D eigenvalue weighted by Gasteiger charge is 2.24. The molecule has 2 nitrogen and oxygen atoms in total. The third-order valence-electron chi connectivity index (χ3n) is 1.41. The molecule has 0 aromatic carbocycles. The molecule has 0 aliphatic carbocycles. The maximum absolute atomic E-state index is 10.6. The van der Waals surface area contributed by atoms with Crippen molar-refractivity contribution in [3.63, 3.8) is 0 Å². The normalized spacial score (nSPS) is 28.1. The number of hydrogen-bond acceptors (Lipinski definition) is 2. The van der Waals surface area contributed by atoms with Crippen molar-refractivity contribution in [3.8, 4) is 0 Å². The molecule has 1 aliphatic heterocycles. The van der Waals surface area contributed by atoms with Crippen molar-refractivity contribution in [1.29, 1.82) is 0 Å². The van der Waals surface area contributed by atoms with Crippen molar-refractivity contribution >= 4 is 5.97 Å². The molecule has 0 aromatic heterocycles. The number of hydrogen-bond donors (Lipinski definition) is 0. The molecular formula is C6H9O2. The maximum Gasteiger partial charge on any atom is 0.309 e. The summed E-state index contributed by atoms with van der Waals surface area (Å²) >= 11 is 0. The summed E-state index contributed by atoms with van der Waals surface area (Å²) in [4.78, 5) is 10.6. The molecule has 1 unspecified atom stereocenters. The summed E-state index contributed by atoms with van der Waals surface area (Å²) < 4.78 is 4.59. The predicted octanol–water partition coefficient (Wildman–Crippen LogP) is 1.12. The lowest BCUT2D eigenvalue weighted by Gasteiger charge is -1.95. The van der Waals surface area contributed by atoms with Crippen molar-refractivity contribution in [2.24, 2.45) is 5.92 Å². The van der Waals surface area contributed by atoms with Crippen LogP contribution in [0.25, 0.3) is 0 Å². The van der Waals surface area contributed by atoms with Gasteiger partial charge in [-0.2, -0.15) is 0 Å². The largest absolute Gasteiger partial charge is 0.458 e. The molecule has 0 aromatic rings. The van der Waals surface area contributed by atoms with Gasteiger partial charge < -0.3 is 4.74 Å². The summed E-state index contributed by atoms with van der Waals surface area (Å²) in [6.07, 6.45) is 1.70. The van der Waals surface area contributed by atoms with Gasteiger partial charge in [-0.05, 0) is 6.42 Å². The molecule has 1 rings (SSSR count). The van der Waals surface area contributed by atoms with Crippen LogP contribution < -0.4 is 0 Å². The second-order valence-electron chi connectivity index (χ2n) is 1.94. The van der Waals surface area contributed by atoms with Gasteiger partial charge in [0.1, 0.15) is 6.61 Å². The van der Waals surface area contributed by atoms with Gasteiger partial charge in [0.05, 0.1) is 5.92 Å². The molecule has 1 heterocycles. The SMILES string of the molecule is CCC1C[CH]OC1=O. The first-order valence-electron chi connectivity index (χ1n) is 2.86. The second-order valence-corrected chi connectivity index (χ2v) is 1.94. The molecule has 1 radical (unpaired) electrons. The smallest absolute Gasteiger partial charge is 0.309 e. The van der Waals surface area contributed by atoms with Gasteiger partial charge in [-0.3, -0.25) is 4.79 Å². The molecule has 0 N–H and O–H groups in total.